The van der Waals surface area contributed by atoms with Gasteiger partial charge >= 0.3 is 5.97 Å². The number of nitrogens with zero attached hydrogens (tertiary/aromatic N) is 2. The lowest BCUT2D eigenvalue weighted by molar-refractivity contribution is -0.138. The SMILES string of the molecule is CC(=NN=C1NC(=O)C(CC(=O)O)S1)c1ccco1. The lowest BCUT2D eigenvalue weighted by Crippen LogP contribution is -2.26. The van der Waals surface area contributed by atoms with Crippen LogP contribution in [0.4, 0.5) is 0 Å². The van der Waals surface area contributed by atoms with Crippen LogP contribution >= 0.6 is 11.8 Å². The normalized spacial score (nSPS) is 21.7. The van der Waals surface area contributed by atoms with Crippen molar-refractivity contribution in [1.29, 1.82) is 0 Å². The predicted molar refractivity (Wildman–Crippen MR) is 70.1 cm³/mol. The molecule has 1 aromatic heterocycles. The van der Waals surface area contributed by atoms with Crippen LogP contribution in [0.2, 0.25) is 0 Å². The highest BCUT2D eigenvalue weighted by molar-refractivity contribution is 8.15. The summed E-state index contributed by atoms with van der Waals surface area (Å²) in [7, 11) is 0. The number of carbonyl (C=O) groups is 2. The number of hydrogen-bond acceptors (Lipinski definition) is 6. The van der Waals surface area contributed by atoms with Crippen molar-refractivity contribution in [1.82, 2.24) is 5.32 Å². The highest BCUT2D eigenvalue weighted by Gasteiger charge is 2.32. The summed E-state index contributed by atoms with van der Waals surface area (Å²) in [6.07, 6.45) is 1.28. The van der Waals surface area contributed by atoms with Gasteiger partial charge in [0.25, 0.3) is 0 Å². The van der Waals surface area contributed by atoms with Crippen LogP contribution in [0, 0.1) is 0 Å². The summed E-state index contributed by atoms with van der Waals surface area (Å²) in [6, 6.07) is 3.48. The van der Waals surface area contributed by atoms with Crippen molar-refractivity contribution >= 4 is 34.5 Å². The first kappa shape index (κ1) is 13.3. The molecule has 19 heavy (non-hydrogen) atoms. The van der Waals surface area contributed by atoms with E-state index in [2.05, 4.69) is 15.5 Å². The van der Waals surface area contributed by atoms with Crippen LogP contribution in [0.15, 0.2) is 33.0 Å². The van der Waals surface area contributed by atoms with Crippen LogP contribution in [-0.4, -0.2) is 33.1 Å². The van der Waals surface area contributed by atoms with Crippen LogP contribution in [0.25, 0.3) is 0 Å². The van der Waals surface area contributed by atoms with Gasteiger partial charge in [-0.1, -0.05) is 11.8 Å². The lowest BCUT2D eigenvalue weighted by atomic mass is 10.3. The van der Waals surface area contributed by atoms with Crippen LogP contribution < -0.4 is 5.32 Å². The number of nitrogens with one attached hydrogen (secondary N) is 1. The molecule has 2 heterocycles. The molecule has 0 saturated carbocycles. The second kappa shape index (κ2) is 5.70. The molecule has 8 heteroatoms. The maximum atomic E-state index is 11.5. The Morgan fingerprint density at radius 2 is 2.42 bits per heavy atom. The van der Waals surface area contributed by atoms with E-state index in [1.54, 1.807) is 19.1 Å². The van der Waals surface area contributed by atoms with E-state index in [1.807, 2.05) is 0 Å². The zero-order valence-electron chi connectivity index (χ0n) is 9.99. The molecule has 0 spiro atoms. The second-order valence-corrected chi connectivity index (χ2v) is 4.95. The highest BCUT2D eigenvalue weighted by Crippen LogP contribution is 2.22. The van der Waals surface area contributed by atoms with Gasteiger partial charge in [-0.05, 0) is 19.1 Å². The van der Waals surface area contributed by atoms with Crippen molar-refractivity contribution in [2.75, 3.05) is 0 Å². The number of carboxylic acids is 1. The first-order valence-corrected chi connectivity index (χ1v) is 6.29. The third-order valence-electron chi connectivity index (χ3n) is 2.31. The molecular weight excluding hydrogens is 270 g/mol. The topological polar surface area (TPSA) is 104 Å². The van der Waals surface area contributed by atoms with Gasteiger partial charge in [-0.2, -0.15) is 0 Å². The first-order valence-electron chi connectivity index (χ1n) is 5.41. The number of hydrogen-bond donors (Lipinski definition) is 2. The Hall–Kier alpha value is -2.09. The van der Waals surface area contributed by atoms with E-state index >= 15 is 0 Å². The van der Waals surface area contributed by atoms with Crippen LogP contribution in [-0.2, 0) is 9.59 Å². The fourth-order valence-corrected chi connectivity index (χ4v) is 2.31. The third-order valence-corrected chi connectivity index (χ3v) is 3.38. The highest BCUT2D eigenvalue weighted by atomic mass is 32.2. The standard InChI is InChI=1S/C11H11N3O4S/c1-6(7-3-2-4-18-7)13-14-11-12-10(17)8(19-11)5-9(15)16/h2-4,8H,5H2,1H3,(H,15,16)(H,12,14,17). The number of carbonyl (C=O) groups excluding carboxylic acids is 1. The number of carboxylic acid groups (broad SMARTS) is 1. The van der Waals surface area contributed by atoms with Gasteiger partial charge in [0.15, 0.2) is 5.17 Å². The Bertz CT molecular complexity index is 550. The molecule has 0 bridgehead atoms. The van der Waals surface area contributed by atoms with Gasteiger partial charge in [0.2, 0.25) is 5.91 Å². The van der Waals surface area contributed by atoms with Gasteiger partial charge in [0.05, 0.1) is 12.7 Å². The average molecular weight is 281 g/mol. The summed E-state index contributed by atoms with van der Waals surface area (Å²) in [5.74, 6) is -0.804. The Kier molecular flexibility index (Phi) is 4.00. The van der Waals surface area contributed by atoms with Gasteiger partial charge in [-0.3, -0.25) is 9.59 Å². The van der Waals surface area contributed by atoms with E-state index < -0.39 is 11.2 Å². The predicted octanol–water partition coefficient (Wildman–Crippen LogP) is 1.07. The summed E-state index contributed by atoms with van der Waals surface area (Å²) in [5, 5.41) is 18.6. The second-order valence-electron chi connectivity index (χ2n) is 3.76. The Labute approximate surface area is 112 Å². The van der Waals surface area contributed by atoms with Crippen molar-refractivity contribution in [3.63, 3.8) is 0 Å². The molecule has 1 saturated heterocycles. The van der Waals surface area contributed by atoms with E-state index in [4.69, 9.17) is 9.52 Å². The van der Waals surface area contributed by atoms with Gasteiger partial charge in [-0.15, -0.1) is 10.2 Å². The van der Waals surface area contributed by atoms with Crippen molar-refractivity contribution in [3.8, 4) is 0 Å². The third kappa shape index (κ3) is 3.44. The maximum absolute atomic E-state index is 11.5. The number of thioether (sulfide) groups is 1. The molecular formula is C11H11N3O4S. The number of aliphatic carboxylic acids is 1. The Morgan fingerprint density at radius 1 is 1.63 bits per heavy atom. The number of rotatable bonds is 4. The van der Waals surface area contributed by atoms with Crippen LogP contribution in [0.1, 0.15) is 19.1 Å². The minimum atomic E-state index is -1.02. The molecule has 2 rings (SSSR count). The quantitative estimate of drug-likeness (QED) is 0.634. The van der Waals surface area contributed by atoms with Crippen molar-refractivity contribution in [2.45, 2.75) is 18.6 Å². The summed E-state index contributed by atoms with van der Waals surface area (Å²) in [6.45, 7) is 1.72. The Balaban J connectivity index is 2.04. The number of furan rings is 1. The van der Waals surface area contributed by atoms with E-state index in [9.17, 15) is 9.59 Å². The van der Waals surface area contributed by atoms with Gasteiger partial charge < -0.3 is 14.8 Å². The first-order chi connectivity index (χ1) is 9.06. The molecule has 0 radical (unpaired) electrons. The number of amides is 1. The van der Waals surface area contributed by atoms with E-state index in [0.717, 1.165) is 11.8 Å². The van der Waals surface area contributed by atoms with Crippen molar-refractivity contribution in [3.05, 3.63) is 24.2 Å². The maximum Gasteiger partial charge on any atom is 0.305 e. The van der Waals surface area contributed by atoms with Crippen molar-refractivity contribution in [2.24, 2.45) is 10.2 Å². The smallest absolute Gasteiger partial charge is 0.305 e. The largest absolute Gasteiger partial charge is 0.481 e. The van der Waals surface area contributed by atoms with Crippen LogP contribution in [0.5, 0.6) is 0 Å². The lowest BCUT2D eigenvalue weighted by Gasteiger charge is -1.97. The van der Waals surface area contributed by atoms with Crippen LogP contribution in [0.3, 0.4) is 0 Å². The van der Waals surface area contributed by atoms with E-state index in [-0.39, 0.29) is 12.3 Å². The fourth-order valence-electron chi connectivity index (χ4n) is 1.40. The molecule has 0 aromatic carbocycles. The monoisotopic (exact) mass is 281 g/mol. The minimum Gasteiger partial charge on any atom is -0.481 e. The summed E-state index contributed by atoms with van der Waals surface area (Å²) < 4.78 is 5.13. The molecule has 1 unspecified atom stereocenters. The van der Waals surface area contributed by atoms with Gasteiger partial charge in [0.1, 0.15) is 16.7 Å². The average Bonchev–Trinajstić information content (AvgIpc) is 2.96. The fraction of sp³-hybridized carbons (Fsp3) is 0.273. The summed E-state index contributed by atoms with van der Waals surface area (Å²) >= 11 is 1.06. The van der Waals surface area contributed by atoms with E-state index in [0.29, 0.717) is 16.6 Å². The minimum absolute atomic E-state index is 0.240. The van der Waals surface area contributed by atoms with Gasteiger partial charge in [-0.25, -0.2) is 0 Å². The molecule has 1 aromatic rings. The molecule has 1 fully saturated rings. The molecule has 1 aliphatic rings. The molecule has 0 aliphatic carbocycles. The summed E-state index contributed by atoms with van der Waals surface area (Å²) in [5.41, 5.74) is 0.564. The molecule has 2 N–H and O–H groups in total. The molecule has 1 atom stereocenters. The van der Waals surface area contributed by atoms with Gasteiger partial charge in [0, 0.05) is 0 Å². The zero-order chi connectivity index (χ0) is 13.8. The molecule has 1 aliphatic heterocycles. The molecule has 1 amide bonds. The summed E-state index contributed by atoms with van der Waals surface area (Å²) in [4.78, 5) is 22.0. The van der Waals surface area contributed by atoms with Crippen molar-refractivity contribution < 1.29 is 19.1 Å². The Morgan fingerprint density at radius 3 is 3.05 bits per heavy atom. The zero-order valence-corrected chi connectivity index (χ0v) is 10.8. The van der Waals surface area contributed by atoms with E-state index in [1.165, 1.54) is 6.26 Å². The molecule has 100 valence electrons. The number of amidine groups is 1. The molecule has 7 nitrogen and oxygen atoms in total.